The Morgan fingerprint density at radius 3 is 2.12 bits per heavy atom. The maximum Gasteiger partial charge on any atom is 0.243 e. The first-order valence-corrected chi connectivity index (χ1v) is 9.56. The van der Waals surface area contributed by atoms with Gasteiger partial charge in [-0.1, -0.05) is 15.9 Å². The molecular weight excluding hydrogens is 408 g/mol. The van der Waals surface area contributed by atoms with E-state index in [9.17, 15) is 18.0 Å². The summed E-state index contributed by atoms with van der Waals surface area (Å²) in [5.41, 5.74) is 1.03. The van der Waals surface area contributed by atoms with Gasteiger partial charge in [0.25, 0.3) is 0 Å². The van der Waals surface area contributed by atoms with Gasteiger partial charge < -0.3 is 5.32 Å². The predicted molar refractivity (Wildman–Crippen MR) is 99.0 cm³/mol. The number of amides is 1. The van der Waals surface area contributed by atoms with Crippen molar-refractivity contribution in [2.24, 2.45) is 0 Å². The number of carbonyl (C=O) groups excluding carboxylic acids is 2. The van der Waals surface area contributed by atoms with Crippen molar-refractivity contribution in [2.75, 3.05) is 18.9 Å². The molecule has 6 nitrogen and oxygen atoms in total. The summed E-state index contributed by atoms with van der Waals surface area (Å²) in [4.78, 5) is 23.4. The summed E-state index contributed by atoms with van der Waals surface area (Å²) in [6.45, 7) is 1.13. The molecule has 8 heteroatoms. The molecule has 0 heterocycles. The van der Waals surface area contributed by atoms with E-state index in [1.54, 1.807) is 36.4 Å². The molecule has 0 aliphatic heterocycles. The van der Waals surface area contributed by atoms with E-state index in [1.165, 1.54) is 26.1 Å². The van der Waals surface area contributed by atoms with E-state index in [0.29, 0.717) is 11.3 Å². The van der Waals surface area contributed by atoms with Crippen molar-refractivity contribution in [3.63, 3.8) is 0 Å². The molecule has 1 amide bonds. The van der Waals surface area contributed by atoms with Crippen LogP contribution in [0.4, 0.5) is 5.69 Å². The first-order chi connectivity index (χ1) is 11.7. The van der Waals surface area contributed by atoms with E-state index < -0.39 is 15.9 Å². The molecule has 2 aromatic carbocycles. The maximum absolute atomic E-state index is 12.4. The topological polar surface area (TPSA) is 83.6 Å². The van der Waals surface area contributed by atoms with Gasteiger partial charge in [0, 0.05) is 22.8 Å². The monoisotopic (exact) mass is 424 g/mol. The summed E-state index contributed by atoms with van der Waals surface area (Å²) in [5, 5.41) is 2.61. The fraction of sp³-hybridized carbons (Fsp3) is 0.176. The molecule has 25 heavy (non-hydrogen) atoms. The number of hydrogen-bond acceptors (Lipinski definition) is 4. The lowest BCUT2D eigenvalue weighted by Crippen LogP contribution is -2.34. The van der Waals surface area contributed by atoms with Crippen LogP contribution in [0.25, 0.3) is 0 Å². The molecule has 2 aromatic rings. The Labute approximate surface area is 155 Å². The number of nitrogens with zero attached hydrogens (tertiary/aromatic N) is 1. The lowest BCUT2D eigenvalue weighted by molar-refractivity contribution is -0.116. The normalized spacial score (nSPS) is 11.4. The number of benzene rings is 2. The van der Waals surface area contributed by atoms with Crippen molar-refractivity contribution in [1.82, 2.24) is 4.31 Å². The van der Waals surface area contributed by atoms with Crippen LogP contribution in [0.1, 0.15) is 17.3 Å². The molecule has 0 aliphatic rings. The fourth-order valence-electron chi connectivity index (χ4n) is 2.06. The van der Waals surface area contributed by atoms with Crippen molar-refractivity contribution in [3.8, 4) is 0 Å². The van der Waals surface area contributed by atoms with E-state index in [2.05, 4.69) is 21.2 Å². The van der Waals surface area contributed by atoms with Crippen molar-refractivity contribution in [1.29, 1.82) is 0 Å². The zero-order valence-corrected chi connectivity index (χ0v) is 16.1. The van der Waals surface area contributed by atoms with Gasteiger partial charge in [-0.15, -0.1) is 0 Å². The summed E-state index contributed by atoms with van der Waals surface area (Å²) < 4.78 is 26.6. The van der Waals surface area contributed by atoms with Gasteiger partial charge in [0.2, 0.25) is 15.9 Å². The molecule has 0 aromatic heterocycles. The molecule has 0 saturated carbocycles. The van der Waals surface area contributed by atoms with Gasteiger partial charge in [-0.05, 0) is 55.5 Å². The number of sulfonamides is 1. The van der Waals surface area contributed by atoms with Crippen LogP contribution < -0.4 is 5.32 Å². The number of halogens is 1. The van der Waals surface area contributed by atoms with Crippen LogP contribution in [0.15, 0.2) is 57.9 Å². The molecule has 2 rings (SSSR count). The summed E-state index contributed by atoms with van der Waals surface area (Å²) in [6, 6.07) is 12.6. The van der Waals surface area contributed by atoms with Crippen LogP contribution >= 0.6 is 15.9 Å². The highest BCUT2D eigenvalue weighted by Gasteiger charge is 2.22. The van der Waals surface area contributed by atoms with Crippen molar-refractivity contribution in [3.05, 3.63) is 58.6 Å². The molecule has 0 spiro atoms. The number of rotatable bonds is 6. The molecule has 0 aliphatic carbocycles. The van der Waals surface area contributed by atoms with E-state index in [0.717, 1.165) is 8.78 Å². The summed E-state index contributed by atoms with van der Waals surface area (Å²) in [5.74, 6) is -0.544. The standard InChI is InChI=1S/C17H17BrN2O4S/c1-12(21)13-3-7-15(8-4-13)19-17(22)11-20(2)25(23,24)16-9-5-14(18)6-10-16/h3-10H,11H2,1-2H3,(H,19,22). The molecule has 0 radical (unpaired) electrons. The van der Waals surface area contributed by atoms with Crippen LogP contribution in [0.3, 0.4) is 0 Å². The van der Waals surface area contributed by atoms with E-state index in [4.69, 9.17) is 0 Å². The third kappa shape index (κ3) is 4.97. The quantitative estimate of drug-likeness (QED) is 0.722. The lowest BCUT2D eigenvalue weighted by Gasteiger charge is -2.17. The highest BCUT2D eigenvalue weighted by molar-refractivity contribution is 9.10. The number of nitrogens with one attached hydrogen (secondary N) is 1. The number of ketones is 1. The molecular formula is C17H17BrN2O4S. The van der Waals surface area contributed by atoms with Crippen LogP contribution in [-0.4, -0.2) is 38.0 Å². The molecule has 0 fully saturated rings. The summed E-state index contributed by atoms with van der Waals surface area (Å²) >= 11 is 3.25. The van der Waals surface area contributed by atoms with E-state index in [1.807, 2.05) is 0 Å². The second kappa shape index (κ2) is 7.90. The van der Waals surface area contributed by atoms with Crippen LogP contribution in [-0.2, 0) is 14.8 Å². The smallest absolute Gasteiger partial charge is 0.243 e. The van der Waals surface area contributed by atoms with E-state index >= 15 is 0 Å². The predicted octanol–water partition coefficient (Wildman–Crippen LogP) is 2.91. The van der Waals surface area contributed by atoms with Gasteiger partial charge in [-0.3, -0.25) is 9.59 Å². The van der Waals surface area contributed by atoms with Gasteiger partial charge >= 0.3 is 0 Å². The van der Waals surface area contributed by atoms with Crippen LogP contribution in [0.2, 0.25) is 0 Å². The zero-order valence-electron chi connectivity index (χ0n) is 13.7. The Kier molecular flexibility index (Phi) is 6.10. The van der Waals surface area contributed by atoms with Crippen LogP contribution in [0, 0.1) is 0 Å². The van der Waals surface area contributed by atoms with Gasteiger partial charge in [0.1, 0.15) is 0 Å². The van der Waals surface area contributed by atoms with Gasteiger partial charge in [-0.2, -0.15) is 4.31 Å². The number of hydrogen-bond donors (Lipinski definition) is 1. The molecule has 0 saturated heterocycles. The molecule has 0 bridgehead atoms. The Morgan fingerprint density at radius 2 is 1.60 bits per heavy atom. The third-order valence-electron chi connectivity index (χ3n) is 3.46. The number of likely N-dealkylation sites (N-methyl/N-ethyl adjacent to an activating group) is 1. The average Bonchev–Trinajstić information content (AvgIpc) is 2.55. The highest BCUT2D eigenvalue weighted by atomic mass is 79.9. The second-order valence-electron chi connectivity index (χ2n) is 5.40. The minimum atomic E-state index is -3.75. The van der Waals surface area contributed by atoms with Gasteiger partial charge in [0.05, 0.1) is 11.4 Å². The third-order valence-corrected chi connectivity index (χ3v) is 5.81. The van der Waals surface area contributed by atoms with E-state index in [-0.39, 0.29) is 17.2 Å². The SMILES string of the molecule is CC(=O)c1ccc(NC(=O)CN(C)S(=O)(=O)c2ccc(Br)cc2)cc1. The molecule has 132 valence electrons. The maximum atomic E-state index is 12.4. The van der Waals surface area contributed by atoms with Crippen molar-refractivity contribution < 1.29 is 18.0 Å². The van der Waals surface area contributed by atoms with Crippen molar-refractivity contribution in [2.45, 2.75) is 11.8 Å². The first kappa shape index (κ1) is 19.3. The Bertz CT molecular complexity index is 878. The number of carbonyl (C=O) groups is 2. The number of anilines is 1. The van der Waals surface area contributed by atoms with Gasteiger partial charge in [0.15, 0.2) is 5.78 Å². The Hall–Kier alpha value is -2.03. The Balaban J connectivity index is 2.04. The average molecular weight is 425 g/mol. The fourth-order valence-corrected chi connectivity index (χ4v) is 3.45. The minimum absolute atomic E-state index is 0.0711. The highest BCUT2D eigenvalue weighted by Crippen LogP contribution is 2.18. The van der Waals surface area contributed by atoms with Crippen LogP contribution in [0.5, 0.6) is 0 Å². The van der Waals surface area contributed by atoms with Gasteiger partial charge in [-0.25, -0.2) is 8.42 Å². The summed E-state index contributed by atoms with van der Waals surface area (Å²) in [7, 11) is -2.41. The largest absolute Gasteiger partial charge is 0.325 e. The molecule has 0 unspecified atom stereocenters. The summed E-state index contributed by atoms with van der Waals surface area (Å²) in [6.07, 6.45) is 0. The first-order valence-electron chi connectivity index (χ1n) is 7.33. The second-order valence-corrected chi connectivity index (χ2v) is 8.36. The number of Topliss-reactive ketones (excluding diaryl/α,β-unsaturated/α-hetero) is 1. The van der Waals surface area contributed by atoms with Crippen molar-refractivity contribution >= 4 is 43.3 Å². The lowest BCUT2D eigenvalue weighted by atomic mass is 10.1. The minimum Gasteiger partial charge on any atom is -0.325 e. The zero-order chi connectivity index (χ0) is 18.6. The Morgan fingerprint density at radius 1 is 1.04 bits per heavy atom. The molecule has 0 atom stereocenters. The molecule has 1 N–H and O–H groups in total.